The molecule has 0 radical (unpaired) electrons. The van der Waals surface area contributed by atoms with Crippen LogP contribution in [0.3, 0.4) is 0 Å². The predicted molar refractivity (Wildman–Crippen MR) is 104 cm³/mol. The lowest BCUT2D eigenvalue weighted by molar-refractivity contribution is -0.0958. The Balaban J connectivity index is 1.96. The molecule has 27 heavy (non-hydrogen) atoms. The molecule has 6 nitrogen and oxygen atoms in total. The Bertz CT molecular complexity index is 680. The van der Waals surface area contributed by atoms with E-state index in [1.807, 2.05) is 31.1 Å². The van der Waals surface area contributed by atoms with E-state index in [0.717, 1.165) is 17.1 Å². The molecule has 0 fully saturated rings. The number of aliphatic imine (C=N–C) groups is 1. The van der Waals surface area contributed by atoms with E-state index < -0.39 is 18.4 Å². The summed E-state index contributed by atoms with van der Waals surface area (Å²) in [7, 11) is 3.70. The van der Waals surface area contributed by atoms with Gasteiger partial charge in [0.15, 0.2) is 6.61 Å². The number of nitrogens with two attached hydrogens (primary N) is 1. The molecule has 0 aromatic rings. The molecule has 8 heteroatoms. The molecule has 2 aliphatic rings. The number of alkyl halides is 2. The van der Waals surface area contributed by atoms with E-state index >= 15 is 0 Å². The molecule has 0 bridgehead atoms. The molecular formula is C19H29F2N5O. The smallest absolute Gasteiger partial charge is 0.283 e. The van der Waals surface area contributed by atoms with Crippen LogP contribution in [-0.4, -0.2) is 56.9 Å². The fourth-order valence-corrected chi connectivity index (χ4v) is 2.52. The summed E-state index contributed by atoms with van der Waals surface area (Å²) in [6.45, 7) is 3.26. The molecule has 1 unspecified atom stereocenters. The maximum Gasteiger partial charge on any atom is 0.283 e. The van der Waals surface area contributed by atoms with Gasteiger partial charge in [-0.3, -0.25) is 4.99 Å². The fourth-order valence-electron chi connectivity index (χ4n) is 2.52. The van der Waals surface area contributed by atoms with Crippen molar-refractivity contribution in [1.29, 1.82) is 0 Å². The quantitative estimate of drug-likeness (QED) is 0.561. The van der Waals surface area contributed by atoms with Crippen LogP contribution in [0.5, 0.6) is 0 Å². The molecule has 0 aliphatic carbocycles. The van der Waals surface area contributed by atoms with Gasteiger partial charge in [-0.1, -0.05) is 13.8 Å². The Hall–Kier alpha value is -2.35. The molecule has 2 rings (SSSR count). The Labute approximate surface area is 159 Å². The number of dihydropyridines is 1. The Morgan fingerprint density at radius 2 is 2.22 bits per heavy atom. The zero-order valence-electron chi connectivity index (χ0n) is 16.3. The van der Waals surface area contributed by atoms with Crippen LogP contribution in [0.1, 0.15) is 13.8 Å². The standard InChI is InChI=1S/C19H29F2N5O/c1-13(2)19(20,21)12-27-15-6-5-14(26(4)11-15)9-24-10-16-17(22)7-8-25-18(16)23-3/h5-8,10,13,17,23,25H,9,11-12,22H2,1-4H3. The number of halogens is 2. The fraction of sp³-hybridized carbons (Fsp3) is 0.526. The van der Waals surface area contributed by atoms with Crippen LogP contribution in [0.15, 0.2) is 52.3 Å². The van der Waals surface area contributed by atoms with Gasteiger partial charge in [-0.15, -0.1) is 0 Å². The van der Waals surface area contributed by atoms with Gasteiger partial charge in [-0.05, 0) is 18.2 Å². The van der Waals surface area contributed by atoms with Crippen LogP contribution >= 0.6 is 0 Å². The summed E-state index contributed by atoms with van der Waals surface area (Å²) < 4.78 is 32.7. The van der Waals surface area contributed by atoms with Gasteiger partial charge in [0, 0.05) is 43.7 Å². The molecule has 150 valence electrons. The second-order valence-corrected chi connectivity index (χ2v) is 6.93. The van der Waals surface area contributed by atoms with Gasteiger partial charge < -0.3 is 26.0 Å². The van der Waals surface area contributed by atoms with Crippen molar-refractivity contribution >= 4 is 6.21 Å². The second-order valence-electron chi connectivity index (χ2n) is 6.93. The molecule has 4 N–H and O–H groups in total. The molecular weight excluding hydrogens is 352 g/mol. The summed E-state index contributed by atoms with van der Waals surface area (Å²) in [6, 6.07) is -0.224. The summed E-state index contributed by atoms with van der Waals surface area (Å²) in [6.07, 6.45) is 8.97. The van der Waals surface area contributed by atoms with Gasteiger partial charge in [-0.25, -0.2) is 8.78 Å². The first-order valence-corrected chi connectivity index (χ1v) is 8.96. The number of allylic oxidation sites excluding steroid dienone is 2. The van der Waals surface area contributed by atoms with Crippen molar-refractivity contribution in [2.24, 2.45) is 16.6 Å². The topological polar surface area (TPSA) is 74.9 Å². The lowest BCUT2D eigenvalue weighted by atomic mass is 10.1. The van der Waals surface area contributed by atoms with E-state index in [9.17, 15) is 8.78 Å². The van der Waals surface area contributed by atoms with Crippen molar-refractivity contribution in [3.05, 3.63) is 47.3 Å². The minimum atomic E-state index is -2.84. The molecule has 0 amide bonds. The average Bonchev–Trinajstić information content (AvgIpc) is 2.62. The third kappa shape index (κ3) is 5.56. The zero-order valence-corrected chi connectivity index (χ0v) is 16.3. The van der Waals surface area contributed by atoms with Crippen molar-refractivity contribution in [3.63, 3.8) is 0 Å². The monoisotopic (exact) mass is 381 g/mol. The Morgan fingerprint density at radius 3 is 2.85 bits per heavy atom. The first-order valence-electron chi connectivity index (χ1n) is 8.96. The zero-order chi connectivity index (χ0) is 20.0. The predicted octanol–water partition coefficient (Wildman–Crippen LogP) is 1.95. The highest BCUT2D eigenvalue weighted by molar-refractivity contribution is 5.82. The SMILES string of the molecule is CNC1=C(C=NCC2=CC=C(OCC(F)(F)C(C)C)CN2C)C(N)C=CN1. The van der Waals surface area contributed by atoms with E-state index in [0.29, 0.717) is 18.8 Å². The largest absolute Gasteiger partial charge is 0.490 e. The molecule has 1 atom stereocenters. The Morgan fingerprint density at radius 1 is 1.48 bits per heavy atom. The van der Waals surface area contributed by atoms with Crippen LogP contribution in [0.25, 0.3) is 0 Å². The van der Waals surface area contributed by atoms with Crippen molar-refractivity contribution < 1.29 is 13.5 Å². The van der Waals surface area contributed by atoms with Gasteiger partial charge in [0.1, 0.15) is 11.6 Å². The minimum absolute atomic E-state index is 0.224. The molecule has 0 saturated heterocycles. The number of ether oxygens (including phenoxy) is 1. The van der Waals surface area contributed by atoms with Gasteiger partial charge in [0.25, 0.3) is 5.92 Å². The number of hydrogen-bond donors (Lipinski definition) is 3. The van der Waals surface area contributed by atoms with E-state index in [2.05, 4.69) is 15.6 Å². The highest BCUT2D eigenvalue weighted by Gasteiger charge is 2.34. The summed E-state index contributed by atoms with van der Waals surface area (Å²) in [4.78, 5) is 6.41. The number of nitrogens with one attached hydrogen (secondary N) is 2. The van der Waals surface area contributed by atoms with Crippen LogP contribution in [0, 0.1) is 5.92 Å². The van der Waals surface area contributed by atoms with Gasteiger partial charge >= 0.3 is 0 Å². The summed E-state index contributed by atoms with van der Waals surface area (Å²) in [5, 5.41) is 6.15. The Kier molecular flexibility index (Phi) is 7.01. The first-order chi connectivity index (χ1) is 12.7. The molecule has 0 aromatic carbocycles. The van der Waals surface area contributed by atoms with E-state index in [1.165, 1.54) is 13.8 Å². The summed E-state index contributed by atoms with van der Waals surface area (Å²) in [5.41, 5.74) is 7.91. The highest BCUT2D eigenvalue weighted by atomic mass is 19.3. The lowest BCUT2D eigenvalue weighted by Crippen LogP contribution is -2.34. The second kappa shape index (κ2) is 9.03. The highest BCUT2D eigenvalue weighted by Crippen LogP contribution is 2.26. The molecule has 2 aliphatic heterocycles. The maximum absolute atomic E-state index is 13.7. The third-order valence-corrected chi connectivity index (χ3v) is 4.55. The van der Waals surface area contributed by atoms with Gasteiger partial charge in [0.2, 0.25) is 0 Å². The van der Waals surface area contributed by atoms with Crippen LogP contribution in [-0.2, 0) is 4.74 Å². The van der Waals surface area contributed by atoms with E-state index in [1.54, 1.807) is 18.5 Å². The van der Waals surface area contributed by atoms with Crippen molar-refractivity contribution in [1.82, 2.24) is 15.5 Å². The van der Waals surface area contributed by atoms with Crippen molar-refractivity contribution in [2.45, 2.75) is 25.8 Å². The van der Waals surface area contributed by atoms with Crippen molar-refractivity contribution in [2.75, 3.05) is 33.8 Å². The van der Waals surface area contributed by atoms with Crippen LogP contribution < -0.4 is 16.4 Å². The number of nitrogens with zero attached hydrogens (tertiary/aromatic N) is 2. The van der Waals surface area contributed by atoms with Gasteiger partial charge in [-0.2, -0.15) is 0 Å². The van der Waals surface area contributed by atoms with Gasteiger partial charge in [0.05, 0.1) is 19.1 Å². The molecule has 0 saturated carbocycles. The minimum Gasteiger partial charge on any atom is -0.490 e. The lowest BCUT2D eigenvalue weighted by Gasteiger charge is -2.28. The maximum atomic E-state index is 13.7. The van der Waals surface area contributed by atoms with Crippen LogP contribution in [0.4, 0.5) is 8.78 Å². The van der Waals surface area contributed by atoms with E-state index in [-0.39, 0.29) is 6.04 Å². The molecule has 0 aromatic heterocycles. The average molecular weight is 381 g/mol. The summed E-state index contributed by atoms with van der Waals surface area (Å²) in [5.74, 6) is -2.25. The summed E-state index contributed by atoms with van der Waals surface area (Å²) >= 11 is 0. The molecule has 0 spiro atoms. The van der Waals surface area contributed by atoms with Crippen molar-refractivity contribution in [3.8, 4) is 0 Å². The first kappa shape index (κ1) is 21.0. The van der Waals surface area contributed by atoms with E-state index in [4.69, 9.17) is 10.5 Å². The number of likely N-dealkylation sites (N-methyl/N-ethyl adjacent to an activating group) is 1. The third-order valence-electron chi connectivity index (χ3n) is 4.55. The number of rotatable bonds is 8. The normalized spacial score (nSPS) is 20.7. The molecule has 2 heterocycles. The van der Waals surface area contributed by atoms with Crippen LogP contribution in [0.2, 0.25) is 0 Å². The number of hydrogen-bond acceptors (Lipinski definition) is 6.